The van der Waals surface area contributed by atoms with Crippen LogP contribution in [0.2, 0.25) is 0 Å². The molecule has 0 unspecified atom stereocenters. The average molecular weight is 310 g/mol. The number of amides is 1. The Morgan fingerprint density at radius 1 is 1.35 bits per heavy atom. The third kappa shape index (κ3) is 2.48. The lowest BCUT2D eigenvalue weighted by atomic mass is 10.2. The molecule has 0 fully saturated rings. The third-order valence-electron chi connectivity index (χ3n) is 4.24. The van der Waals surface area contributed by atoms with Gasteiger partial charge in [-0.2, -0.15) is 14.8 Å². The lowest BCUT2D eigenvalue weighted by Crippen LogP contribution is -2.26. The smallest absolute Gasteiger partial charge is 0.257 e. The Balaban J connectivity index is 1.55. The van der Waals surface area contributed by atoms with Gasteiger partial charge in [-0.05, 0) is 25.0 Å². The van der Waals surface area contributed by atoms with Crippen molar-refractivity contribution in [2.24, 2.45) is 0 Å². The predicted octanol–water partition coefficient (Wildman–Crippen LogP) is 1.53. The summed E-state index contributed by atoms with van der Waals surface area (Å²) in [6, 6.07) is 3.65. The summed E-state index contributed by atoms with van der Waals surface area (Å²) in [5.74, 6) is 1.06. The maximum absolute atomic E-state index is 12.7. The summed E-state index contributed by atoms with van der Waals surface area (Å²) in [4.78, 5) is 19.0. The van der Waals surface area contributed by atoms with Crippen molar-refractivity contribution in [2.45, 2.75) is 32.4 Å². The van der Waals surface area contributed by atoms with Crippen LogP contribution in [-0.2, 0) is 19.5 Å². The SMILES string of the molecule is CN(Cc1cn2c(n1)CCCC2)C(=O)c1cnn2ncccc12. The van der Waals surface area contributed by atoms with Crippen LogP contribution >= 0.6 is 0 Å². The molecule has 1 amide bonds. The highest BCUT2D eigenvalue weighted by molar-refractivity contribution is 6.00. The highest BCUT2D eigenvalue weighted by atomic mass is 16.2. The summed E-state index contributed by atoms with van der Waals surface area (Å²) in [5, 5.41) is 8.21. The number of carbonyl (C=O) groups excluding carboxylic acids is 1. The number of hydrogen-bond acceptors (Lipinski definition) is 4. The molecule has 118 valence electrons. The lowest BCUT2D eigenvalue weighted by Gasteiger charge is -2.14. The molecule has 7 nitrogen and oxygen atoms in total. The fourth-order valence-electron chi connectivity index (χ4n) is 3.07. The first kappa shape index (κ1) is 13.9. The molecule has 0 saturated carbocycles. The Morgan fingerprint density at radius 3 is 3.13 bits per heavy atom. The lowest BCUT2D eigenvalue weighted by molar-refractivity contribution is 0.0785. The van der Waals surface area contributed by atoms with Crippen LogP contribution in [0.4, 0.5) is 0 Å². The number of hydrogen-bond donors (Lipinski definition) is 0. The van der Waals surface area contributed by atoms with Crippen LogP contribution in [0.5, 0.6) is 0 Å². The second-order valence-electron chi connectivity index (χ2n) is 5.92. The van der Waals surface area contributed by atoms with Crippen LogP contribution in [-0.4, -0.2) is 42.2 Å². The Hall–Kier alpha value is -2.70. The molecule has 0 spiro atoms. The number of nitrogens with zero attached hydrogens (tertiary/aromatic N) is 6. The second-order valence-corrected chi connectivity index (χ2v) is 5.92. The maximum atomic E-state index is 12.7. The molecule has 3 aromatic rings. The van der Waals surface area contributed by atoms with Crippen molar-refractivity contribution in [3.8, 4) is 0 Å². The van der Waals surface area contributed by atoms with Crippen molar-refractivity contribution in [1.82, 2.24) is 29.3 Å². The van der Waals surface area contributed by atoms with Crippen molar-refractivity contribution in [3.05, 3.63) is 47.8 Å². The van der Waals surface area contributed by atoms with Crippen LogP contribution in [0.3, 0.4) is 0 Å². The van der Waals surface area contributed by atoms with Crippen molar-refractivity contribution in [3.63, 3.8) is 0 Å². The van der Waals surface area contributed by atoms with Gasteiger partial charge in [-0.25, -0.2) is 4.98 Å². The van der Waals surface area contributed by atoms with Gasteiger partial charge in [0.25, 0.3) is 5.91 Å². The second kappa shape index (κ2) is 5.49. The number of aryl methyl sites for hydroxylation is 2. The fourth-order valence-corrected chi connectivity index (χ4v) is 3.07. The quantitative estimate of drug-likeness (QED) is 0.736. The Labute approximate surface area is 133 Å². The van der Waals surface area contributed by atoms with Gasteiger partial charge in [-0.3, -0.25) is 4.79 Å². The van der Waals surface area contributed by atoms with E-state index in [9.17, 15) is 4.79 Å². The summed E-state index contributed by atoms with van der Waals surface area (Å²) < 4.78 is 3.67. The van der Waals surface area contributed by atoms with E-state index in [-0.39, 0.29) is 5.91 Å². The molecule has 1 aliphatic heterocycles. The first-order valence-electron chi connectivity index (χ1n) is 7.82. The van der Waals surface area contributed by atoms with Gasteiger partial charge < -0.3 is 9.47 Å². The number of aromatic nitrogens is 5. The minimum atomic E-state index is -0.0704. The van der Waals surface area contributed by atoms with Gasteiger partial charge in [0.2, 0.25) is 0 Å². The van der Waals surface area contributed by atoms with E-state index in [0.29, 0.717) is 17.6 Å². The molecule has 0 radical (unpaired) electrons. The van der Waals surface area contributed by atoms with Gasteiger partial charge in [-0.1, -0.05) is 0 Å². The van der Waals surface area contributed by atoms with Crippen LogP contribution in [0, 0.1) is 0 Å². The maximum Gasteiger partial charge on any atom is 0.257 e. The van der Waals surface area contributed by atoms with Crippen LogP contribution in [0.25, 0.3) is 5.52 Å². The van der Waals surface area contributed by atoms with Crippen molar-refractivity contribution >= 4 is 11.4 Å². The Morgan fingerprint density at radius 2 is 2.26 bits per heavy atom. The van der Waals surface area contributed by atoms with Crippen LogP contribution < -0.4 is 0 Å². The number of fused-ring (bicyclic) bond motifs is 2. The van der Waals surface area contributed by atoms with Gasteiger partial charge in [0.1, 0.15) is 11.3 Å². The molecule has 0 atom stereocenters. The first-order chi connectivity index (χ1) is 11.2. The van der Waals surface area contributed by atoms with Crippen molar-refractivity contribution < 1.29 is 4.79 Å². The molecular weight excluding hydrogens is 292 g/mol. The van der Waals surface area contributed by atoms with Crippen LogP contribution in [0.15, 0.2) is 30.7 Å². The number of imidazole rings is 1. The molecule has 4 heterocycles. The standard InChI is InChI=1S/C16H18N6O/c1-20(10-12-11-21-8-3-2-6-15(21)19-12)16(23)13-9-18-22-14(13)5-4-7-17-22/h4-5,7,9,11H,2-3,6,8,10H2,1H3. The van der Waals surface area contributed by atoms with Crippen molar-refractivity contribution in [1.29, 1.82) is 0 Å². The summed E-state index contributed by atoms with van der Waals surface area (Å²) in [6.45, 7) is 1.52. The molecule has 0 aliphatic carbocycles. The van der Waals surface area contributed by atoms with Crippen molar-refractivity contribution in [2.75, 3.05) is 7.05 Å². The minimum Gasteiger partial charge on any atom is -0.336 e. The van der Waals surface area contributed by atoms with E-state index in [1.807, 2.05) is 6.07 Å². The minimum absolute atomic E-state index is 0.0704. The summed E-state index contributed by atoms with van der Waals surface area (Å²) in [5.41, 5.74) is 2.21. The van der Waals surface area contributed by atoms with E-state index in [2.05, 4.69) is 25.9 Å². The zero-order chi connectivity index (χ0) is 15.8. The Bertz CT molecular complexity index is 841. The van der Waals surface area contributed by atoms with E-state index in [0.717, 1.165) is 24.5 Å². The summed E-state index contributed by atoms with van der Waals surface area (Å²) in [7, 11) is 1.79. The van der Waals surface area contributed by atoms with Gasteiger partial charge in [0, 0.05) is 32.4 Å². The summed E-state index contributed by atoms with van der Waals surface area (Å²) in [6.07, 6.45) is 8.70. The van der Waals surface area contributed by atoms with E-state index in [4.69, 9.17) is 0 Å². The molecule has 0 bridgehead atoms. The molecule has 0 saturated heterocycles. The molecule has 4 rings (SSSR count). The third-order valence-corrected chi connectivity index (χ3v) is 4.24. The largest absolute Gasteiger partial charge is 0.336 e. The van der Waals surface area contributed by atoms with E-state index in [1.54, 1.807) is 30.4 Å². The first-order valence-corrected chi connectivity index (χ1v) is 7.82. The predicted molar refractivity (Wildman–Crippen MR) is 83.9 cm³/mol. The molecule has 0 N–H and O–H groups in total. The molecule has 0 aromatic carbocycles. The Kier molecular flexibility index (Phi) is 3.33. The zero-order valence-electron chi connectivity index (χ0n) is 13.0. The fraction of sp³-hybridized carbons (Fsp3) is 0.375. The highest BCUT2D eigenvalue weighted by Crippen LogP contribution is 2.17. The molecule has 3 aromatic heterocycles. The monoisotopic (exact) mass is 310 g/mol. The van der Waals surface area contributed by atoms with E-state index < -0.39 is 0 Å². The molecule has 1 aliphatic rings. The van der Waals surface area contributed by atoms with Crippen LogP contribution in [0.1, 0.15) is 34.7 Å². The van der Waals surface area contributed by atoms with Gasteiger partial charge in [-0.15, -0.1) is 0 Å². The average Bonchev–Trinajstić information content (AvgIpc) is 3.17. The molecular formula is C16H18N6O. The topological polar surface area (TPSA) is 68.3 Å². The van der Waals surface area contributed by atoms with Gasteiger partial charge in [0.05, 0.1) is 24.0 Å². The molecule has 23 heavy (non-hydrogen) atoms. The normalized spacial score (nSPS) is 14.0. The summed E-state index contributed by atoms with van der Waals surface area (Å²) >= 11 is 0. The van der Waals surface area contributed by atoms with E-state index >= 15 is 0 Å². The van der Waals surface area contributed by atoms with E-state index in [1.165, 1.54) is 17.5 Å². The molecule has 7 heteroatoms. The van der Waals surface area contributed by atoms with Gasteiger partial charge >= 0.3 is 0 Å². The zero-order valence-corrected chi connectivity index (χ0v) is 13.0. The highest BCUT2D eigenvalue weighted by Gasteiger charge is 2.19. The van der Waals surface area contributed by atoms with Gasteiger partial charge in [0.15, 0.2) is 0 Å². The number of carbonyl (C=O) groups is 1. The number of rotatable bonds is 3.